The Morgan fingerprint density at radius 3 is 2.53 bits per heavy atom. The lowest BCUT2D eigenvalue weighted by Gasteiger charge is -2.20. The number of benzene rings is 1. The van der Waals surface area contributed by atoms with Gasteiger partial charge in [-0.25, -0.2) is 0 Å². The van der Waals surface area contributed by atoms with Crippen LogP contribution in [0, 0.1) is 0 Å². The van der Waals surface area contributed by atoms with E-state index in [1.165, 1.54) is 11.3 Å². The zero-order chi connectivity index (χ0) is 12.8. The van der Waals surface area contributed by atoms with Crippen LogP contribution in [-0.2, 0) is 4.74 Å². The molecule has 17 heavy (non-hydrogen) atoms. The van der Waals surface area contributed by atoms with Crippen LogP contribution in [0.4, 0.5) is 5.69 Å². The molecule has 0 aliphatic carbocycles. The Morgan fingerprint density at radius 2 is 2.00 bits per heavy atom. The van der Waals surface area contributed by atoms with Crippen LogP contribution in [0.25, 0.3) is 0 Å². The fraction of sp³-hybridized carbons (Fsp3) is 0.571. The number of likely N-dealkylation sites (N-methyl/N-ethyl adjacent to an activating group) is 1. The minimum Gasteiger partial charge on any atom is -0.378 e. The standard InChI is InChI=1S/C14H24N2O/c1-11(2)17-10-14(15-3)12-7-6-8-13(9-12)16(4)5/h6-9,11,14-15H,10H2,1-5H3. The van der Waals surface area contributed by atoms with E-state index in [9.17, 15) is 0 Å². The zero-order valence-electron chi connectivity index (χ0n) is 11.5. The maximum atomic E-state index is 5.67. The summed E-state index contributed by atoms with van der Waals surface area (Å²) in [6, 6.07) is 8.78. The van der Waals surface area contributed by atoms with Crippen molar-refractivity contribution in [3.8, 4) is 0 Å². The summed E-state index contributed by atoms with van der Waals surface area (Å²) in [6.45, 7) is 4.82. The molecule has 1 N–H and O–H groups in total. The lowest BCUT2D eigenvalue weighted by Crippen LogP contribution is -2.23. The molecule has 1 rings (SSSR count). The Labute approximate surface area is 105 Å². The van der Waals surface area contributed by atoms with Crippen LogP contribution in [0.1, 0.15) is 25.5 Å². The van der Waals surface area contributed by atoms with Crippen LogP contribution in [0.15, 0.2) is 24.3 Å². The van der Waals surface area contributed by atoms with Crippen LogP contribution < -0.4 is 10.2 Å². The zero-order valence-corrected chi connectivity index (χ0v) is 11.5. The van der Waals surface area contributed by atoms with Crippen LogP contribution in [0.5, 0.6) is 0 Å². The highest BCUT2D eigenvalue weighted by Crippen LogP contribution is 2.19. The molecular formula is C14H24N2O. The van der Waals surface area contributed by atoms with E-state index in [1.807, 2.05) is 7.05 Å². The Kier molecular flexibility index (Phi) is 5.45. The molecule has 0 saturated carbocycles. The lowest BCUT2D eigenvalue weighted by molar-refractivity contribution is 0.0626. The van der Waals surface area contributed by atoms with Gasteiger partial charge >= 0.3 is 0 Å². The number of rotatable bonds is 6. The lowest BCUT2D eigenvalue weighted by atomic mass is 10.1. The van der Waals surface area contributed by atoms with Crippen molar-refractivity contribution >= 4 is 5.69 Å². The molecule has 0 saturated heterocycles. The molecule has 0 heterocycles. The third-order valence-corrected chi connectivity index (χ3v) is 2.73. The van der Waals surface area contributed by atoms with E-state index < -0.39 is 0 Å². The highest BCUT2D eigenvalue weighted by Gasteiger charge is 2.11. The summed E-state index contributed by atoms with van der Waals surface area (Å²) < 4.78 is 5.67. The average Bonchev–Trinajstić information content (AvgIpc) is 2.30. The van der Waals surface area contributed by atoms with Crippen molar-refractivity contribution in [1.82, 2.24) is 5.32 Å². The fourth-order valence-electron chi connectivity index (χ4n) is 1.65. The van der Waals surface area contributed by atoms with E-state index in [1.54, 1.807) is 0 Å². The third kappa shape index (κ3) is 4.36. The molecule has 0 aliphatic heterocycles. The van der Waals surface area contributed by atoms with Gasteiger partial charge in [-0.2, -0.15) is 0 Å². The van der Waals surface area contributed by atoms with Crippen molar-refractivity contribution in [1.29, 1.82) is 0 Å². The Morgan fingerprint density at radius 1 is 1.29 bits per heavy atom. The third-order valence-electron chi connectivity index (χ3n) is 2.73. The summed E-state index contributed by atoms with van der Waals surface area (Å²) in [6.07, 6.45) is 0.267. The van der Waals surface area contributed by atoms with Gasteiger partial charge in [0.1, 0.15) is 0 Å². The minimum absolute atomic E-state index is 0.247. The van der Waals surface area contributed by atoms with Crippen LogP contribution in [-0.4, -0.2) is 33.9 Å². The first-order valence-corrected chi connectivity index (χ1v) is 6.10. The number of hydrogen-bond donors (Lipinski definition) is 1. The molecule has 1 aromatic carbocycles. The van der Waals surface area contributed by atoms with Crippen molar-refractivity contribution in [2.24, 2.45) is 0 Å². The number of hydrogen-bond acceptors (Lipinski definition) is 3. The molecule has 0 radical (unpaired) electrons. The molecule has 0 bridgehead atoms. The summed E-state index contributed by atoms with van der Waals surface area (Å²) in [7, 11) is 6.08. The van der Waals surface area contributed by atoms with E-state index in [-0.39, 0.29) is 12.1 Å². The smallest absolute Gasteiger partial charge is 0.0664 e. The second-order valence-corrected chi connectivity index (χ2v) is 4.71. The predicted molar refractivity (Wildman–Crippen MR) is 73.7 cm³/mol. The molecule has 3 nitrogen and oxygen atoms in total. The van der Waals surface area contributed by atoms with E-state index in [0.717, 1.165) is 0 Å². The van der Waals surface area contributed by atoms with Crippen molar-refractivity contribution in [3.63, 3.8) is 0 Å². The van der Waals surface area contributed by atoms with E-state index >= 15 is 0 Å². The molecule has 0 fully saturated rings. The average molecular weight is 236 g/mol. The second-order valence-electron chi connectivity index (χ2n) is 4.71. The maximum Gasteiger partial charge on any atom is 0.0664 e. The molecule has 0 spiro atoms. The first-order chi connectivity index (χ1) is 8.04. The number of nitrogens with zero attached hydrogens (tertiary/aromatic N) is 1. The first-order valence-electron chi connectivity index (χ1n) is 6.10. The molecule has 3 heteroatoms. The maximum absolute atomic E-state index is 5.67. The summed E-state index contributed by atoms with van der Waals surface area (Å²) in [4.78, 5) is 2.11. The van der Waals surface area contributed by atoms with Gasteiger partial charge in [0.15, 0.2) is 0 Å². The van der Waals surface area contributed by atoms with Gasteiger partial charge in [-0.1, -0.05) is 12.1 Å². The van der Waals surface area contributed by atoms with Crippen LogP contribution in [0.3, 0.4) is 0 Å². The molecular weight excluding hydrogens is 212 g/mol. The van der Waals surface area contributed by atoms with Gasteiger partial charge in [0.05, 0.1) is 18.8 Å². The van der Waals surface area contributed by atoms with Crippen LogP contribution >= 0.6 is 0 Å². The molecule has 0 aromatic heterocycles. The topological polar surface area (TPSA) is 24.5 Å². The first kappa shape index (κ1) is 14.0. The fourth-order valence-corrected chi connectivity index (χ4v) is 1.65. The molecule has 96 valence electrons. The van der Waals surface area contributed by atoms with Crippen molar-refractivity contribution in [3.05, 3.63) is 29.8 Å². The summed E-state index contributed by atoms with van der Waals surface area (Å²) in [5, 5.41) is 3.30. The van der Waals surface area contributed by atoms with Gasteiger partial charge in [0.25, 0.3) is 0 Å². The molecule has 0 aliphatic rings. The van der Waals surface area contributed by atoms with E-state index in [2.05, 4.69) is 62.4 Å². The largest absolute Gasteiger partial charge is 0.378 e. The summed E-state index contributed by atoms with van der Waals surface area (Å²) >= 11 is 0. The number of nitrogens with one attached hydrogen (secondary N) is 1. The minimum atomic E-state index is 0.247. The van der Waals surface area contributed by atoms with Crippen molar-refractivity contribution in [2.45, 2.75) is 26.0 Å². The van der Waals surface area contributed by atoms with Gasteiger partial charge in [-0.3, -0.25) is 0 Å². The molecule has 1 aromatic rings. The highest BCUT2D eigenvalue weighted by atomic mass is 16.5. The Balaban J connectivity index is 2.77. The van der Waals surface area contributed by atoms with Crippen molar-refractivity contribution < 1.29 is 4.74 Å². The van der Waals surface area contributed by atoms with Gasteiger partial charge in [-0.15, -0.1) is 0 Å². The highest BCUT2D eigenvalue weighted by molar-refractivity contribution is 5.47. The molecule has 1 unspecified atom stereocenters. The van der Waals surface area contributed by atoms with Crippen LogP contribution in [0.2, 0.25) is 0 Å². The van der Waals surface area contributed by atoms with Crippen molar-refractivity contribution in [2.75, 3.05) is 32.6 Å². The predicted octanol–water partition coefficient (Wildman–Crippen LogP) is 2.44. The SMILES string of the molecule is CNC(COC(C)C)c1cccc(N(C)C)c1. The number of ether oxygens (including phenoxy) is 1. The van der Waals surface area contributed by atoms with Gasteiger partial charge < -0.3 is 15.0 Å². The Bertz CT molecular complexity index is 337. The quantitative estimate of drug-likeness (QED) is 0.821. The van der Waals surface area contributed by atoms with Gasteiger partial charge in [-0.05, 0) is 38.6 Å². The molecule has 0 amide bonds. The van der Waals surface area contributed by atoms with E-state index in [4.69, 9.17) is 4.74 Å². The normalized spacial score (nSPS) is 12.8. The van der Waals surface area contributed by atoms with E-state index in [0.29, 0.717) is 6.61 Å². The molecule has 1 atom stereocenters. The monoisotopic (exact) mass is 236 g/mol. The number of anilines is 1. The van der Waals surface area contributed by atoms with Gasteiger partial charge in [0, 0.05) is 19.8 Å². The second kappa shape index (κ2) is 6.62. The Hall–Kier alpha value is -1.06. The van der Waals surface area contributed by atoms with Gasteiger partial charge in [0.2, 0.25) is 0 Å². The summed E-state index contributed by atoms with van der Waals surface area (Å²) in [5.74, 6) is 0. The summed E-state index contributed by atoms with van der Waals surface area (Å²) in [5.41, 5.74) is 2.48.